The Balaban J connectivity index is 1.59. The van der Waals surface area contributed by atoms with Gasteiger partial charge in [0.15, 0.2) is 0 Å². The first-order valence-corrected chi connectivity index (χ1v) is 8.66. The van der Waals surface area contributed by atoms with E-state index in [1.54, 1.807) is 0 Å². The number of rotatable bonds is 4. The van der Waals surface area contributed by atoms with Gasteiger partial charge in [-0.25, -0.2) is 0 Å². The number of benzene rings is 2. The predicted octanol–water partition coefficient (Wildman–Crippen LogP) is 4.20. The van der Waals surface area contributed by atoms with Crippen LogP contribution in [0.4, 0.5) is 0 Å². The lowest BCUT2D eigenvalue weighted by molar-refractivity contribution is 0.184. The standard InChI is InChI=1S/C20H24N2O/c1-21-18-10-4-3-8-16(18)17-9-7-11-19(20(17)21)23-15-14-22-12-5-2-6-13-22/h3-4,7-11H,2,5-6,12-15H2,1H3. The third-order valence-electron chi connectivity index (χ3n) is 5.00. The maximum absolute atomic E-state index is 6.17. The molecule has 23 heavy (non-hydrogen) atoms. The van der Waals surface area contributed by atoms with Gasteiger partial charge in [-0.3, -0.25) is 4.90 Å². The largest absolute Gasteiger partial charge is 0.490 e. The Kier molecular flexibility index (Phi) is 3.96. The third kappa shape index (κ3) is 2.70. The lowest BCUT2D eigenvalue weighted by Crippen LogP contribution is -2.33. The summed E-state index contributed by atoms with van der Waals surface area (Å²) >= 11 is 0. The Hall–Kier alpha value is -2.00. The van der Waals surface area contributed by atoms with Gasteiger partial charge in [0.05, 0.1) is 5.52 Å². The first-order valence-electron chi connectivity index (χ1n) is 8.66. The molecule has 0 bridgehead atoms. The molecule has 0 spiro atoms. The molecule has 4 rings (SSSR count). The van der Waals surface area contributed by atoms with Crippen LogP contribution in [0.2, 0.25) is 0 Å². The van der Waals surface area contributed by atoms with E-state index in [0.29, 0.717) is 0 Å². The topological polar surface area (TPSA) is 17.4 Å². The second-order valence-corrected chi connectivity index (χ2v) is 6.48. The molecule has 0 unspecified atom stereocenters. The highest BCUT2D eigenvalue weighted by molar-refractivity contribution is 6.09. The molecule has 1 saturated heterocycles. The van der Waals surface area contributed by atoms with Gasteiger partial charge in [0.25, 0.3) is 0 Å². The zero-order valence-corrected chi connectivity index (χ0v) is 13.8. The first-order chi connectivity index (χ1) is 11.3. The van der Waals surface area contributed by atoms with Crippen LogP contribution in [0, 0.1) is 0 Å². The SMILES string of the molecule is Cn1c2ccccc2c2cccc(OCCN3CCCCC3)c21. The molecule has 1 fully saturated rings. The number of nitrogens with zero attached hydrogens (tertiary/aromatic N) is 2. The van der Waals surface area contributed by atoms with Gasteiger partial charge in [-0.1, -0.05) is 36.8 Å². The molecule has 3 nitrogen and oxygen atoms in total. The summed E-state index contributed by atoms with van der Waals surface area (Å²) in [6.45, 7) is 4.24. The number of aryl methyl sites for hydroxylation is 1. The average Bonchev–Trinajstić information content (AvgIpc) is 2.90. The highest BCUT2D eigenvalue weighted by Crippen LogP contribution is 2.33. The summed E-state index contributed by atoms with van der Waals surface area (Å²) in [5.41, 5.74) is 2.46. The van der Waals surface area contributed by atoms with Gasteiger partial charge in [-0.05, 0) is 38.1 Å². The van der Waals surface area contributed by atoms with E-state index in [1.165, 1.54) is 54.2 Å². The van der Waals surface area contributed by atoms with Gasteiger partial charge in [0.1, 0.15) is 12.4 Å². The molecule has 0 saturated carbocycles. The molecule has 3 aromatic rings. The van der Waals surface area contributed by atoms with Crippen LogP contribution in [0.15, 0.2) is 42.5 Å². The summed E-state index contributed by atoms with van der Waals surface area (Å²) in [6, 6.07) is 14.9. The minimum atomic E-state index is 0.765. The van der Waals surface area contributed by atoms with Gasteiger partial charge in [0, 0.05) is 29.9 Å². The fourth-order valence-corrected chi connectivity index (χ4v) is 3.78. The molecule has 0 atom stereocenters. The number of hydrogen-bond acceptors (Lipinski definition) is 2. The number of ether oxygens (including phenoxy) is 1. The second-order valence-electron chi connectivity index (χ2n) is 6.48. The van der Waals surface area contributed by atoms with Gasteiger partial charge < -0.3 is 9.30 Å². The predicted molar refractivity (Wildman–Crippen MR) is 96.2 cm³/mol. The smallest absolute Gasteiger partial charge is 0.143 e. The summed E-state index contributed by atoms with van der Waals surface area (Å²) in [7, 11) is 2.13. The first kappa shape index (κ1) is 14.6. The van der Waals surface area contributed by atoms with Crippen molar-refractivity contribution in [1.82, 2.24) is 9.47 Å². The van der Waals surface area contributed by atoms with Crippen molar-refractivity contribution in [1.29, 1.82) is 0 Å². The van der Waals surface area contributed by atoms with Gasteiger partial charge >= 0.3 is 0 Å². The van der Waals surface area contributed by atoms with Crippen molar-refractivity contribution in [3.05, 3.63) is 42.5 Å². The van der Waals surface area contributed by atoms with Crippen LogP contribution in [0.25, 0.3) is 21.8 Å². The molecular formula is C20H24N2O. The number of aromatic nitrogens is 1. The van der Waals surface area contributed by atoms with E-state index in [1.807, 2.05) is 0 Å². The maximum atomic E-state index is 6.17. The third-order valence-corrected chi connectivity index (χ3v) is 5.00. The summed E-state index contributed by atoms with van der Waals surface area (Å²) in [5, 5.41) is 2.57. The Bertz CT molecular complexity index is 815. The van der Waals surface area contributed by atoms with E-state index in [2.05, 4.69) is 59.0 Å². The number of piperidine rings is 1. The number of likely N-dealkylation sites (tertiary alicyclic amines) is 1. The molecule has 2 aromatic carbocycles. The van der Waals surface area contributed by atoms with Crippen molar-refractivity contribution in [2.45, 2.75) is 19.3 Å². The molecule has 1 aliphatic rings. The Morgan fingerprint density at radius 3 is 2.57 bits per heavy atom. The highest BCUT2D eigenvalue weighted by Gasteiger charge is 2.13. The van der Waals surface area contributed by atoms with Crippen molar-refractivity contribution in [2.75, 3.05) is 26.2 Å². The summed E-state index contributed by atoms with van der Waals surface area (Å²) < 4.78 is 8.42. The minimum Gasteiger partial charge on any atom is -0.490 e. The van der Waals surface area contributed by atoms with Crippen molar-refractivity contribution < 1.29 is 4.74 Å². The fraction of sp³-hybridized carbons (Fsp3) is 0.400. The Morgan fingerprint density at radius 2 is 1.70 bits per heavy atom. The molecule has 0 amide bonds. The van der Waals surface area contributed by atoms with Gasteiger partial charge in [-0.2, -0.15) is 0 Å². The minimum absolute atomic E-state index is 0.765. The zero-order chi connectivity index (χ0) is 15.6. The quantitative estimate of drug-likeness (QED) is 0.719. The Labute approximate surface area is 137 Å². The number of para-hydroxylation sites is 2. The molecular weight excluding hydrogens is 284 g/mol. The van der Waals surface area contributed by atoms with E-state index < -0.39 is 0 Å². The van der Waals surface area contributed by atoms with E-state index in [9.17, 15) is 0 Å². The monoisotopic (exact) mass is 308 g/mol. The zero-order valence-electron chi connectivity index (χ0n) is 13.8. The lowest BCUT2D eigenvalue weighted by Gasteiger charge is -2.26. The fourth-order valence-electron chi connectivity index (χ4n) is 3.78. The molecule has 0 aliphatic carbocycles. The molecule has 2 heterocycles. The lowest BCUT2D eigenvalue weighted by atomic mass is 10.1. The molecule has 1 aliphatic heterocycles. The molecule has 3 heteroatoms. The molecule has 0 radical (unpaired) electrons. The van der Waals surface area contributed by atoms with Crippen LogP contribution >= 0.6 is 0 Å². The van der Waals surface area contributed by atoms with E-state index in [4.69, 9.17) is 4.74 Å². The maximum Gasteiger partial charge on any atom is 0.143 e. The van der Waals surface area contributed by atoms with Crippen molar-refractivity contribution in [2.24, 2.45) is 7.05 Å². The molecule has 1 aromatic heterocycles. The van der Waals surface area contributed by atoms with Crippen LogP contribution in [0.3, 0.4) is 0 Å². The second kappa shape index (κ2) is 6.25. The number of hydrogen-bond donors (Lipinski definition) is 0. The van der Waals surface area contributed by atoms with Crippen molar-refractivity contribution in [3.63, 3.8) is 0 Å². The van der Waals surface area contributed by atoms with Gasteiger partial charge in [-0.15, -0.1) is 0 Å². The van der Waals surface area contributed by atoms with Crippen molar-refractivity contribution in [3.8, 4) is 5.75 Å². The van der Waals surface area contributed by atoms with Crippen LogP contribution < -0.4 is 4.74 Å². The van der Waals surface area contributed by atoms with Crippen LogP contribution in [0.5, 0.6) is 5.75 Å². The van der Waals surface area contributed by atoms with Crippen LogP contribution in [-0.4, -0.2) is 35.7 Å². The van der Waals surface area contributed by atoms with E-state index in [-0.39, 0.29) is 0 Å². The van der Waals surface area contributed by atoms with Gasteiger partial charge in [0.2, 0.25) is 0 Å². The summed E-state index contributed by atoms with van der Waals surface area (Å²) in [5.74, 6) is 0.998. The van der Waals surface area contributed by atoms with E-state index >= 15 is 0 Å². The van der Waals surface area contributed by atoms with Crippen molar-refractivity contribution >= 4 is 21.8 Å². The normalized spacial score (nSPS) is 16.2. The summed E-state index contributed by atoms with van der Waals surface area (Å²) in [6.07, 6.45) is 4.05. The van der Waals surface area contributed by atoms with Crippen LogP contribution in [-0.2, 0) is 7.05 Å². The number of fused-ring (bicyclic) bond motifs is 3. The molecule has 0 N–H and O–H groups in total. The van der Waals surface area contributed by atoms with E-state index in [0.717, 1.165) is 18.9 Å². The highest BCUT2D eigenvalue weighted by atomic mass is 16.5. The Morgan fingerprint density at radius 1 is 0.913 bits per heavy atom. The average molecular weight is 308 g/mol. The molecule has 120 valence electrons. The van der Waals surface area contributed by atoms with Crippen LogP contribution in [0.1, 0.15) is 19.3 Å². The summed E-state index contributed by atoms with van der Waals surface area (Å²) in [4.78, 5) is 2.52.